The van der Waals surface area contributed by atoms with Gasteiger partial charge in [-0.25, -0.2) is 13.1 Å². The summed E-state index contributed by atoms with van der Waals surface area (Å²) in [6.45, 7) is 0. The average Bonchev–Trinajstić information content (AvgIpc) is 3.31. The largest absolute Gasteiger partial charge is 0.495 e. The highest BCUT2D eigenvalue weighted by atomic mass is 32.2. The minimum atomic E-state index is -3.72. The van der Waals surface area contributed by atoms with Gasteiger partial charge >= 0.3 is 0 Å². The van der Waals surface area contributed by atoms with Gasteiger partial charge in [-0.3, -0.25) is 0 Å². The first kappa shape index (κ1) is 18.4. The van der Waals surface area contributed by atoms with Gasteiger partial charge in [0.25, 0.3) is 5.89 Å². The number of benzene rings is 1. The van der Waals surface area contributed by atoms with Gasteiger partial charge in [-0.1, -0.05) is 18.0 Å². The van der Waals surface area contributed by atoms with Crippen LogP contribution < -0.4 is 15.2 Å². The molecule has 4 rings (SSSR count). The highest BCUT2D eigenvalue weighted by molar-refractivity contribution is 7.89. The molecule has 1 heterocycles. The summed E-state index contributed by atoms with van der Waals surface area (Å²) in [5.41, 5.74) is 6.22. The third-order valence-corrected chi connectivity index (χ3v) is 7.04. The lowest BCUT2D eigenvalue weighted by Crippen LogP contribution is -2.44. The van der Waals surface area contributed by atoms with Gasteiger partial charge in [0.1, 0.15) is 10.6 Å². The van der Waals surface area contributed by atoms with Crippen LogP contribution in [0.3, 0.4) is 0 Å². The molecule has 2 saturated carbocycles. The molecule has 0 atom stereocenters. The SMILES string of the molecule is COc1ccc(-c2nc(C3(N)CCC3)no2)cc1S(=O)(=O)NC1CCCC1. The summed E-state index contributed by atoms with van der Waals surface area (Å²) in [6.07, 6.45) is 6.46. The summed E-state index contributed by atoms with van der Waals surface area (Å²) in [4.78, 5) is 4.47. The molecule has 0 bridgehead atoms. The van der Waals surface area contributed by atoms with Crippen LogP contribution in [0.25, 0.3) is 11.5 Å². The van der Waals surface area contributed by atoms with Crippen LogP contribution in [0.1, 0.15) is 50.8 Å². The average molecular weight is 392 g/mol. The van der Waals surface area contributed by atoms with E-state index in [9.17, 15) is 8.42 Å². The summed E-state index contributed by atoms with van der Waals surface area (Å²) in [7, 11) is -2.27. The van der Waals surface area contributed by atoms with E-state index in [1.54, 1.807) is 12.1 Å². The first-order chi connectivity index (χ1) is 12.9. The Morgan fingerprint density at radius 1 is 1.26 bits per heavy atom. The van der Waals surface area contributed by atoms with Gasteiger partial charge in [0.05, 0.1) is 12.6 Å². The molecule has 27 heavy (non-hydrogen) atoms. The third-order valence-electron chi connectivity index (χ3n) is 5.49. The molecule has 9 heteroatoms. The van der Waals surface area contributed by atoms with Gasteiger partial charge in [0, 0.05) is 11.6 Å². The molecule has 2 aliphatic carbocycles. The van der Waals surface area contributed by atoms with Crippen LogP contribution in [0, 0.1) is 0 Å². The van der Waals surface area contributed by atoms with E-state index in [4.69, 9.17) is 15.0 Å². The Morgan fingerprint density at radius 2 is 2.00 bits per heavy atom. The van der Waals surface area contributed by atoms with Crippen molar-refractivity contribution < 1.29 is 17.7 Å². The van der Waals surface area contributed by atoms with Gasteiger partial charge < -0.3 is 15.0 Å². The molecule has 1 aromatic carbocycles. The van der Waals surface area contributed by atoms with E-state index >= 15 is 0 Å². The number of hydrogen-bond donors (Lipinski definition) is 2. The fourth-order valence-corrected chi connectivity index (χ4v) is 5.17. The Kier molecular flexibility index (Phi) is 4.69. The minimum Gasteiger partial charge on any atom is -0.495 e. The van der Waals surface area contributed by atoms with Gasteiger partial charge in [-0.15, -0.1) is 0 Å². The Hall–Kier alpha value is -1.97. The van der Waals surface area contributed by atoms with Gasteiger partial charge in [-0.2, -0.15) is 4.98 Å². The van der Waals surface area contributed by atoms with Crippen molar-refractivity contribution in [1.29, 1.82) is 0 Å². The summed E-state index contributed by atoms with van der Waals surface area (Å²) in [5.74, 6) is 0.994. The molecule has 2 fully saturated rings. The molecular weight excluding hydrogens is 368 g/mol. The number of ether oxygens (including phenoxy) is 1. The lowest BCUT2D eigenvalue weighted by atomic mass is 9.77. The van der Waals surface area contributed by atoms with Crippen molar-refractivity contribution in [3.05, 3.63) is 24.0 Å². The molecule has 0 radical (unpaired) electrons. The Balaban J connectivity index is 1.66. The molecule has 0 aliphatic heterocycles. The fourth-order valence-electron chi connectivity index (χ4n) is 3.67. The van der Waals surface area contributed by atoms with Crippen LogP contribution in [0.4, 0.5) is 0 Å². The molecule has 0 saturated heterocycles. The van der Waals surface area contributed by atoms with Crippen molar-refractivity contribution in [3.8, 4) is 17.2 Å². The van der Waals surface area contributed by atoms with Gasteiger partial charge in [0.2, 0.25) is 10.0 Å². The molecule has 0 unspecified atom stereocenters. The normalized spacial score (nSPS) is 19.8. The quantitative estimate of drug-likeness (QED) is 0.774. The number of hydrogen-bond acceptors (Lipinski definition) is 7. The Labute approximate surface area is 158 Å². The highest BCUT2D eigenvalue weighted by Crippen LogP contribution is 2.38. The Bertz CT molecular complexity index is 931. The number of sulfonamides is 1. The zero-order valence-corrected chi connectivity index (χ0v) is 16.1. The van der Waals surface area contributed by atoms with E-state index < -0.39 is 15.6 Å². The van der Waals surface area contributed by atoms with Crippen molar-refractivity contribution in [2.24, 2.45) is 5.73 Å². The summed E-state index contributed by atoms with van der Waals surface area (Å²) >= 11 is 0. The lowest BCUT2D eigenvalue weighted by Gasteiger charge is -2.34. The molecule has 2 aromatic rings. The van der Waals surface area contributed by atoms with Crippen molar-refractivity contribution >= 4 is 10.0 Å². The van der Waals surface area contributed by atoms with E-state index in [-0.39, 0.29) is 22.6 Å². The molecule has 3 N–H and O–H groups in total. The lowest BCUT2D eigenvalue weighted by molar-refractivity contribution is 0.229. The van der Waals surface area contributed by atoms with Crippen LogP contribution in [-0.4, -0.2) is 31.7 Å². The maximum atomic E-state index is 12.9. The van der Waals surface area contributed by atoms with Gasteiger partial charge in [-0.05, 0) is 50.3 Å². The smallest absolute Gasteiger partial charge is 0.258 e. The van der Waals surface area contributed by atoms with Gasteiger partial charge in [0.15, 0.2) is 5.82 Å². The van der Waals surface area contributed by atoms with Crippen molar-refractivity contribution in [1.82, 2.24) is 14.9 Å². The number of aromatic nitrogens is 2. The maximum Gasteiger partial charge on any atom is 0.258 e. The van der Waals surface area contributed by atoms with E-state index in [1.165, 1.54) is 13.2 Å². The molecule has 0 amide bonds. The molecule has 8 nitrogen and oxygen atoms in total. The van der Waals surface area contributed by atoms with Crippen LogP contribution in [0.15, 0.2) is 27.6 Å². The molecule has 1 aromatic heterocycles. The van der Waals surface area contributed by atoms with Crippen molar-refractivity contribution in [2.45, 2.75) is 61.4 Å². The maximum absolute atomic E-state index is 12.9. The fraction of sp³-hybridized carbons (Fsp3) is 0.556. The van der Waals surface area contributed by atoms with E-state index in [1.807, 2.05) is 0 Å². The molecular formula is C18H24N4O4S. The second kappa shape index (κ2) is 6.88. The monoisotopic (exact) mass is 392 g/mol. The first-order valence-corrected chi connectivity index (χ1v) is 10.7. The predicted octanol–water partition coefficient (Wildman–Crippen LogP) is 2.30. The zero-order chi connectivity index (χ0) is 19.1. The zero-order valence-electron chi connectivity index (χ0n) is 15.3. The number of rotatable bonds is 6. The second-order valence-electron chi connectivity index (χ2n) is 7.40. The van der Waals surface area contributed by atoms with E-state index in [0.717, 1.165) is 44.9 Å². The van der Waals surface area contributed by atoms with Crippen molar-refractivity contribution in [2.75, 3.05) is 7.11 Å². The summed E-state index contributed by atoms with van der Waals surface area (Å²) < 4.78 is 39.2. The minimum absolute atomic E-state index is 0.0333. The topological polar surface area (TPSA) is 120 Å². The highest BCUT2D eigenvalue weighted by Gasteiger charge is 2.39. The molecule has 2 aliphatic rings. The van der Waals surface area contributed by atoms with Crippen LogP contribution in [0.2, 0.25) is 0 Å². The Morgan fingerprint density at radius 3 is 2.63 bits per heavy atom. The number of nitrogens with one attached hydrogen (secondary N) is 1. The standard InChI is InChI=1S/C18H24N4O4S/c1-25-14-8-7-12(16-20-17(21-26-16)18(19)9-4-10-18)11-15(14)27(23,24)22-13-5-2-3-6-13/h7-8,11,13,22H,2-6,9-10,19H2,1H3. The predicted molar refractivity (Wildman–Crippen MR) is 98.6 cm³/mol. The molecule has 0 spiro atoms. The second-order valence-corrected chi connectivity index (χ2v) is 9.08. The summed E-state index contributed by atoms with van der Waals surface area (Å²) in [5, 5.41) is 4.00. The number of nitrogens with two attached hydrogens (primary N) is 1. The third kappa shape index (κ3) is 3.46. The van der Waals surface area contributed by atoms with E-state index in [0.29, 0.717) is 11.4 Å². The number of methoxy groups -OCH3 is 1. The summed E-state index contributed by atoms with van der Waals surface area (Å²) in [6, 6.07) is 4.78. The van der Waals surface area contributed by atoms with Crippen LogP contribution in [-0.2, 0) is 15.6 Å². The van der Waals surface area contributed by atoms with Crippen molar-refractivity contribution in [3.63, 3.8) is 0 Å². The van der Waals surface area contributed by atoms with E-state index in [2.05, 4.69) is 14.9 Å². The molecule has 146 valence electrons. The first-order valence-electron chi connectivity index (χ1n) is 9.25. The van der Waals surface area contributed by atoms with Crippen LogP contribution in [0.5, 0.6) is 5.75 Å². The number of nitrogens with zero attached hydrogens (tertiary/aromatic N) is 2. The van der Waals surface area contributed by atoms with Crippen LogP contribution >= 0.6 is 0 Å².